The predicted molar refractivity (Wildman–Crippen MR) is 140 cm³/mol. The summed E-state index contributed by atoms with van der Waals surface area (Å²) < 4.78 is 36.3. The van der Waals surface area contributed by atoms with Gasteiger partial charge in [-0.05, 0) is 50.5 Å². The normalized spacial score (nSPS) is 27.8. The summed E-state index contributed by atoms with van der Waals surface area (Å²) in [5, 5.41) is 0. The number of benzene rings is 2. The lowest BCUT2D eigenvalue weighted by atomic mass is 9.92. The van der Waals surface area contributed by atoms with Crippen LogP contribution < -0.4 is 9.47 Å². The van der Waals surface area contributed by atoms with Gasteiger partial charge in [-0.1, -0.05) is 30.3 Å². The van der Waals surface area contributed by atoms with Crippen molar-refractivity contribution in [2.45, 2.75) is 82.8 Å². The molecule has 3 saturated heterocycles. The minimum absolute atomic E-state index is 0.200. The highest BCUT2D eigenvalue weighted by atomic mass is 16.7. The Hall–Kier alpha value is -2.78. The zero-order valence-electron chi connectivity index (χ0n) is 21.6. The Labute approximate surface area is 223 Å². The summed E-state index contributed by atoms with van der Waals surface area (Å²) in [4.78, 5) is 19.2. The molecule has 4 unspecified atom stereocenters. The quantitative estimate of drug-likeness (QED) is 0.460. The van der Waals surface area contributed by atoms with Crippen molar-refractivity contribution in [1.29, 1.82) is 0 Å². The third kappa shape index (κ3) is 5.78. The first kappa shape index (κ1) is 25.5. The number of carbonyl (C=O) groups excluding carboxylic acids is 1. The first-order valence-corrected chi connectivity index (χ1v) is 13.9. The first-order chi connectivity index (χ1) is 18.7. The molecule has 0 aromatic heterocycles. The van der Waals surface area contributed by atoms with E-state index in [-0.39, 0.29) is 12.1 Å². The van der Waals surface area contributed by atoms with Crippen LogP contribution in [0, 0.1) is 0 Å². The van der Waals surface area contributed by atoms with Crippen LogP contribution in [0.5, 0.6) is 11.5 Å². The van der Waals surface area contributed by atoms with Crippen LogP contribution in [0.25, 0.3) is 0 Å². The van der Waals surface area contributed by atoms with Gasteiger partial charge < -0.3 is 28.4 Å². The molecule has 0 saturated carbocycles. The topological polar surface area (TPSA) is 84.8 Å². The summed E-state index contributed by atoms with van der Waals surface area (Å²) in [6.45, 7) is 1.93. The summed E-state index contributed by atoms with van der Waals surface area (Å²) in [7, 11) is 0. The fourth-order valence-electron chi connectivity index (χ4n) is 5.34. The van der Waals surface area contributed by atoms with Gasteiger partial charge in [-0.15, -0.1) is 0 Å². The molecule has 8 heteroatoms. The number of ether oxygens (including phenoxy) is 6. The van der Waals surface area contributed by atoms with E-state index in [1.807, 2.05) is 30.3 Å². The Bertz CT molecular complexity index is 1130. The van der Waals surface area contributed by atoms with Gasteiger partial charge in [-0.25, -0.2) is 4.99 Å². The van der Waals surface area contributed by atoms with Gasteiger partial charge >= 0.3 is 0 Å². The molecule has 2 aromatic carbocycles. The maximum absolute atomic E-state index is 14.2. The molecule has 4 heterocycles. The molecule has 0 aliphatic carbocycles. The number of hydrogen-bond donors (Lipinski definition) is 0. The number of rotatable bonds is 7. The van der Waals surface area contributed by atoms with Gasteiger partial charge in [0.1, 0.15) is 11.5 Å². The Morgan fingerprint density at radius 2 is 1.37 bits per heavy atom. The molecular formula is C30H35NO7. The SMILES string of the molecule is O=C1c2c(cc(OC3CCCCO3)cc2OC2CCCCO2)N=C(c2ccccc2)C1OC1CCCCO1. The average molecular weight is 522 g/mol. The lowest BCUT2D eigenvalue weighted by Gasteiger charge is -2.32. The number of ketones is 1. The highest BCUT2D eigenvalue weighted by Gasteiger charge is 2.39. The highest BCUT2D eigenvalue weighted by Crippen LogP contribution is 2.41. The van der Waals surface area contributed by atoms with E-state index in [0.29, 0.717) is 48.3 Å². The molecule has 38 heavy (non-hydrogen) atoms. The molecule has 0 amide bonds. The van der Waals surface area contributed by atoms with E-state index in [4.69, 9.17) is 33.4 Å². The molecule has 0 bridgehead atoms. The Morgan fingerprint density at radius 3 is 2.00 bits per heavy atom. The van der Waals surface area contributed by atoms with Crippen molar-refractivity contribution in [3.05, 3.63) is 53.6 Å². The van der Waals surface area contributed by atoms with Crippen molar-refractivity contribution < 1.29 is 33.2 Å². The molecule has 0 spiro atoms. The molecule has 0 N–H and O–H groups in total. The first-order valence-electron chi connectivity index (χ1n) is 13.9. The maximum atomic E-state index is 14.2. The van der Waals surface area contributed by atoms with E-state index in [1.165, 1.54) is 0 Å². The van der Waals surface area contributed by atoms with Crippen LogP contribution in [0.2, 0.25) is 0 Å². The summed E-state index contributed by atoms with van der Waals surface area (Å²) >= 11 is 0. The number of fused-ring (bicyclic) bond motifs is 1. The molecule has 0 radical (unpaired) electrons. The van der Waals surface area contributed by atoms with Gasteiger partial charge in [0.25, 0.3) is 0 Å². The van der Waals surface area contributed by atoms with Gasteiger partial charge in [-0.2, -0.15) is 0 Å². The van der Waals surface area contributed by atoms with Gasteiger partial charge in [0.05, 0.1) is 30.2 Å². The van der Waals surface area contributed by atoms with E-state index < -0.39 is 18.7 Å². The summed E-state index contributed by atoms with van der Waals surface area (Å²) in [5.74, 6) is 0.758. The Morgan fingerprint density at radius 1 is 0.737 bits per heavy atom. The molecule has 4 atom stereocenters. The zero-order chi connectivity index (χ0) is 25.7. The molecule has 202 valence electrons. The van der Waals surface area contributed by atoms with Crippen molar-refractivity contribution in [3.8, 4) is 11.5 Å². The number of nitrogens with zero attached hydrogens (tertiary/aromatic N) is 1. The standard InChI is InChI=1S/C30H35NO7/c32-29-27-22(31-28(20-10-2-1-3-11-20)30(29)38-26-14-6-9-17-35-26)18-21(36-24-12-4-7-15-33-24)19-23(27)37-25-13-5-8-16-34-25/h1-3,10-11,18-19,24-26,30H,4-9,12-17H2. The molecule has 3 fully saturated rings. The third-order valence-corrected chi connectivity index (χ3v) is 7.33. The lowest BCUT2D eigenvalue weighted by molar-refractivity contribution is -0.166. The van der Waals surface area contributed by atoms with Crippen molar-refractivity contribution in [1.82, 2.24) is 0 Å². The van der Waals surface area contributed by atoms with Crippen LogP contribution in [0.15, 0.2) is 47.5 Å². The summed E-state index contributed by atoms with van der Waals surface area (Å²) in [6, 6.07) is 13.3. The molecule has 6 rings (SSSR count). The fraction of sp³-hybridized carbons (Fsp3) is 0.533. The second-order valence-electron chi connectivity index (χ2n) is 10.2. The van der Waals surface area contributed by atoms with Gasteiger partial charge in [0.2, 0.25) is 5.78 Å². The largest absolute Gasteiger partial charge is 0.465 e. The lowest BCUT2D eigenvalue weighted by Crippen LogP contribution is -2.41. The molecule has 2 aromatic rings. The van der Waals surface area contributed by atoms with Crippen molar-refractivity contribution in [2.75, 3.05) is 19.8 Å². The van der Waals surface area contributed by atoms with Crippen LogP contribution in [0.3, 0.4) is 0 Å². The molecule has 8 nitrogen and oxygen atoms in total. The second-order valence-corrected chi connectivity index (χ2v) is 10.2. The number of Topliss-reactive ketones (excluding diaryl/α,β-unsaturated/α-hetero) is 1. The van der Waals surface area contributed by atoms with Crippen LogP contribution in [-0.4, -0.2) is 56.3 Å². The van der Waals surface area contributed by atoms with Crippen molar-refractivity contribution in [2.24, 2.45) is 4.99 Å². The minimum Gasteiger partial charge on any atom is -0.465 e. The van der Waals surface area contributed by atoms with E-state index in [9.17, 15) is 4.79 Å². The third-order valence-electron chi connectivity index (χ3n) is 7.33. The van der Waals surface area contributed by atoms with Crippen LogP contribution in [0.1, 0.15) is 73.7 Å². The Kier molecular flexibility index (Phi) is 8.02. The monoisotopic (exact) mass is 521 g/mol. The molecule has 4 aliphatic rings. The van der Waals surface area contributed by atoms with Gasteiger partial charge in [-0.3, -0.25) is 4.79 Å². The van der Waals surface area contributed by atoms with E-state index >= 15 is 0 Å². The number of hydrogen-bond acceptors (Lipinski definition) is 8. The maximum Gasteiger partial charge on any atom is 0.203 e. The van der Waals surface area contributed by atoms with Crippen molar-refractivity contribution in [3.63, 3.8) is 0 Å². The summed E-state index contributed by atoms with van der Waals surface area (Å²) in [6.07, 6.45) is 6.27. The van der Waals surface area contributed by atoms with E-state index in [2.05, 4.69) is 0 Å². The van der Waals surface area contributed by atoms with E-state index in [1.54, 1.807) is 12.1 Å². The average Bonchev–Trinajstić information content (AvgIpc) is 2.96. The zero-order valence-corrected chi connectivity index (χ0v) is 21.6. The van der Waals surface area contributed by atoms with Crippen molar-refractivity contribution >= 4 is 17.2 Å². The molecular weight excluding hydrogens is 486 g/mol. The number of aliphatic imine (C=N–C) groups is 1. The predicted octanol–water partition coefficient (Wildman–Crippen LogP) is 5.73. The highest BCUT2D eigenvalue weighted by molar-refractivity contribution is 6.26. The second kappa shape index (κ2) is 11.9. The van der Waals surface area contributed by atoms with Crippen LogP contribution in [-0.2, 0) is 18.9 Å². The Balaban J connectivity index is 1.40. The summed E-state index contributed by atoms with van der Waals surface area (Å²) in [5.41, 5.74) is 2.27. The van der Waals surface area contributed by atoms with Crippen LogP contribution >= 0.6 is 0 Å². The van der Waals surface area contributed by atoms with Crippen LogP contribution in [0.4, 0.5) is 5.69 Å². The number of carbonyl (C=O) groups is 1. The minimum atomic E-state index is -0.906. The smallest absolute Gasteiger partial charge is 0.203 e. The van der Waals surface area contributed by atoms with Gasteiger partial charge in [0, 0.05) is 31.6 Å². The van der Waals surface area contributed by atoms with E-state index in [0.717, 1.165) is 63.4 Å². The molecule has 4 aliphatic heterocycles. The fourth-order valence-corrected chi connectivity index (χ4v) is 5.34. The van der Waals surface area contributed by atoms with Gasteiger partial charge in [0.15, 0.2) is 25.0 Å².